The van der Waals surface area contributed by atoms with Gasteiger partial charge in [-0.15, -0.1) is 0 Å². The number of nitrogens with one attached hydrogen (secondary N) is 3. The molecule has 2 aromatic heterocycles. The molecule has 3 N–H and O–H groups in total. The van der Waals surface area contributed by atoms with Gasteiger partial charge < -0.3 is 25.3 Å². The number of rotatable bonds is 10. The van der Waals surface area contributed by atoms with Gasteiger partial charge in [0, 0.05) is 47.1 Å². The Kier molecular flexibility index (Phi) is 8.50. The van der Waals surface area contributed by atoms with E-state index in [0.717, 1.165) is 23.7 Å². The van der Waals surface area contributed by atoms with Crippen LogP contribution in [0.1, 0.15) is 27.9 Å². The molecule has 0 aliphatic carbocycles. The lowest BCUT2D eigenvalue weighted by atomic mass is 10.1. The standard InChI is InChI=1S/C28H29F3N6O2/c1-18-7-9-21(15-24(18)36-27-34-17-25(39-27)20-6-4-11-32-16-20)35-26(38)19-8-10-23(22(14-19)28(29,30)31)33-12-5-13-37(2)3/h4,6-11,14-17,33H,5,12-13H2,1-3H3,(H,34,36)(H,35,38). The van der Waals surface area contributed by atoms with E-state index >= 15 is 0 Å². The van der Waals surface area contributed by atoms with E-state index in [2.05, 4.69) is 25.9 Å². The van der Waals surface area contributed by atoms with Gasteiger partial charge in [0.15, 0.2) is 5.76 Å². The minimum Gasteiger partial charge on any atom is -0.423 e. The first kappa shape index (κ1) is 27.6. The molecule has 0 saturated heterocycles. The number of pyridine rings is 1. The van der Waals surface area contributed by atoms with Crippen molar-refractivity contribution in [2.45, 2.75) is 19.5 Å². The minimum absolute atomic E-state index is 0.0590. The van der Waals surface area contributed by atoms with Gasteiger partial charge >= 0.3 is 6.18 Å². The van der Waals surface area contributed by atoms with E-state index in [1.54, 1.807) is 42.9 Å². The fourth-order valence-corrected chi connectivity index (χ4v) is 3.82. The van der Waals surface area contributed by atoms with E-state index in [1.165, 1.54) is 12.1 Å². The number of amides is 1. The summed E-state index contributed by atoms with van der Waals surface area (Å²) < 4.78 is 47.0. The maximum Gasteiger partial charge on any atom is 0.418 e. The molecule has 2 aromatic carbocycles. The number of aromatic nitrogens is 2. The molecule has 0 fully saturated rings. The van der Waals surface area contributed by atoms with Crippen molar-refractivity contribution in [3.05, 3.63) is 83.8 Å². The van der Waals surface area contributed by atoms with E-state index in [9.17, 15) is 18.0 Å². The summed E-state index contributed by atoms with van der Waals surface area (Å²) in [5, 5.41) is 8.58. The van der Waals surface area contributed by atoms with Crippen LogP contribution in [0.5, 0.6) is 0 Å². The van der Waals surface area contributed by atoms with Crippen LogP contribution in [-0.4, -0.2) is 48.0 Å². The summed E-state index contributed by atoms with van der Waals surface area (Å²) in [6.07, 6.45) is 0.939. The van der Waals surface area contributed by atoms with Crippen LogP contribution in [0.4, 0.5) is 36.2 Å². The molecule has 0 spiro atoms. The van der Waals surface area contributed by atoms with Crippen molar-refractivity contribution in [2.24, 2.45) is 0 Å². The lowest BCUT2D eigenvalue weighted by Crippen LogP contribution is -2.19. The number of alkyl halides is 3. The maximum absolute atomic E-state index is 13.8. The number of benzene rings is 2. The van der Waals surface area contributed by atoms with Crippen molar-refractivity contribution in [3.63, 3.8) is 0 Å². The third kappa shape index (κ3) is 7.35. The molecule has 8 nitrogen and oxygen atoms in total. The fourth-order valence-electron chi connectivity index (χ4n) is 3.82. The molecule has 0 bridgehead atoms. The third-order valence-electron chi connectivity index (χ3n) is 5.87. The molecule has 4 rings (SSSR count). The number of hydrogen-bond acceptors (Lipinski definition) is 7. The first-order chi connectivity index (χ1) is 18.6. The Labute approximate surface area is 224 Å². The van der Waals surface area contributed by atoms with Crippen LogP contribution < -0.4 is 16.0 Å². The molecule has 1 amide bonds. The van der Waals surface area contributed by atoms with Crippen molar-refractivity contribution >= 4 is 29.0 Å². The van der Waals surface area contributed by atoms with Gasteiger partial charge in [0.1, 0.15) is 0 Å². The molecule has 204 valence electrons. The highest BCUT2D eigenvalue weighted by Gasteiger charge is 2.34. The molecule has 2 heterocycles. The van der Waals surface area contributed by atoms with Gasteiger partial charge in [-0.25, -0.2) is 4.98 Å². The van der Waals surface area contributed by atoms with Crippen LogP contribution in [-0.2, 0) is 6.18 Å². The van der Waals surface area contributed by atoms with Crippen LogP contribution in [0, 0.1) is 6.92 Å². The highest BCUT2D eigenvalue weighted by Crippen LogP contribution is 2.36. The zero-order valence-corrected chi connectivity index (χ0v) is 21.8. The molecule has 0 aliphatic heterocycles. The number of oxazole rings is 1. The van der Waals surface area contributed by atoms with E-state index < -0.39 is 17.6 Å². The van der Waals surface area contributed by atoms with E-state index in [0.29, 0.717) is 30.1 Å². The van der Waals surface area contributed by atoms with Gasteiger partial charge in [0.05, 0.1) is 11.8 Å². The first-order valence-corrected chi connectivity index (χ1v) is 12.3. The Morgan fingerprint density at radius 3 is 2.59 bits per heavy atom. The SMILES string of the molecule is Cc1ccc(NC(=O)c2ccc(NCCCN(C)C)c(C(F)(F)F)c2)cc1Nc1ncc(-c2cccnc2)o1. The number of nitrogens with zero attached hydrogens (tertiary/aromatic N) is 3. The molecule has 0 unspecified atom stereocenters. The monoisotopic (exact) mass is 538 g/mol. The first-order valence-electron chi connectivity index (χ1n) is 12.3. The molecule has 0 aliphatic rings. The summed E-state index contributed by atoms with van der Waals surface area (Å²) in [6.45, 7) is 2.98. The summed E-state index contributed by atoms with van der Waals surface area (Å²) in [6, 6.07) is 12.5. The van der Waals surface area contributed by atoms with Gasteiger partial charge in [-0.1, -0.05) is 6.07 Å². The molecule has 0 saturated carbocycles. The lowest BCUT2D eigenvalue weighted by molar-refractivity contribution is -0.137. The topological polar surface area (TPSA) is 95.3 Å². The molecular weight excluding hydrogens is 509 g/mol. The van der Waals surface area contributed by atoms with Crippen LogP contribution in [0.25, 0.3) is 11.3 Å². The quantitative estimate of drug-likeness (QED) is 0.201. The Morgan fingerprint density at radius 2 is 1.87 bits per heavy atom. The van der Waals surface area contributed by atoms with Gasteiger partial charge in [0.25, 0.3) is 11.9 Å². The number of hydrogen-bond donors (Lipinski definition) is 3. The van der Waals surface area contributed by atoms with Crippen molar-refractivity contribution in [3.8, 4) is 11.3 Å². The van der Waals surface area contributed by atoms with Crippen LogP contribution in [0.15, 0.2) is 71.5 Å². The van der Waals surface area contributed by atoms with Crippen LogP contribution in [0.3, 0.4) is 0 Å². The van der Waals surface area contributed by atoms with Crippen LogP contribution in [0.2, 0.25) is 0 Å². The van der Waals surface area contributed by atoms with Crippen molar-refractivity contribution in [1.29, 1.82) is 0 Å². The van der Waals surface area contributed by atoms with E-state index in [-0.39, 0.29) is 17.3 Å². The molecule has 11 heteroatoms. The summed E-state index contributed by atoms with van der Waals surface area (Å²) in [4.78, 5) is 23.1. The second-order valence-corrected chi connectivity index (χ2v) is 9.22. The van der Waals surface area contributed by atoms with Crippen molar-refractivity contribution in [2.75, 3.05) is 43.1 Å². The summed E-state index contributed by atoms with van der Waals surface area (Å²) in [7, 11) is 3.80. The number of carbonyl (C=O) groups excluding carboxylic acids is 1. The highest BCUT2D eigenvalue weighted by atomic mass is 19.4. The average Bonchev–Trinajstić information content (AvgIpc) is 3.37. The van der Waals surface area contributed by atoms with E-state index in [1.807, 2.05) is 32.0 Å². The second kappa shape index (κ2) is 12.0. The Morgan fingerprint density at radius 1 is 1.05 bits per heavy atom. The smallest absolute Gasteiger partial charge is 0.418 e. The normalized spacial score (nSPS) is 11.5. The van der Waals surface area contributed by atoms with Gasteiger partial charge in [-0.05, 0) is 82.0 Å². The second-order valence-electron chi connectivity index (χ2n) is 9.22. The fraction of sp³-hybridized carbons (Fsp3) is 0.250. The number of aryl methyl sites for hydroxylation is 1. The summed E-state index contributed by atoms with van der Waals surface area (Å²) in [5.74, 6) is -0.131. The van der Waals surface area contributed by atoms with Crippen LogP contribution >= 0.6 is 0 Å². The molecular formula is C28H29F3N6O2. The number of anilines is 4. The zero-order chi connectivity index (χ0) is 28.0. The maximum atomic E-state index is 13.8. The van der Waals surface area contributed by atoms with Crippen molar-refractivity contribution in [1.82, 2.24) is 14.9 Å². The summed E-state index contributed by atoms with van der Waals surface area (Å²) >= 11 is 0. The Bertz CT molecular complexity index is 1420. The Hall–Kier alpha value is -4.38. The predicted molar refractivity (Wildman–Crippen MR) is 145 cm³/mol. The van der Waals surface area contributed by atoms with Gasteiger partial charge in [0.2, 0.25) is 0 Å². The highest BCUT2D eigenvalue weighted by molar-refractivity contribution is 6.05. The predicted octanol–water partition coefficient (Wildman–Crippen LogP) is 6.42. The summed E-state index contributed by atoms with van der Waals surface area (Å²) in [5.41, 5.74) is 1.56. The zero-order valence-electron chi connectivity index (χ0n) is 21.8. The average molecular weight is 539 g/mol. The minimum atomic E-state index is -4.62. The lowest BCUT2D eigenvalue weighted by Gasteiger charge is -2.17. The van der Waals surface area contributed by atoms with E-state index in [4.69, 9.17) is 4.42 Å². The van der Waals surface area contributed by atoms with Gasteiger partial charge in [-0.2, -0.15) is 13.2 Å². The third-order valence-corrected chi connectivity index (χ3v) is 5.87. The molecule has 0 radical (unpaired) electrons. The Balaban J connectivity index is 1.47. The van der Waals surface area contributed by atoms with Gasteiger partial charge in [-0.3, -0.25) is 9.78 Å². The number of halogens is 3. The largest absolute Gasteiger partial charge is 0.423 e. The van der Waals surface area contributed by atoms with Crippen molar-refractivity contribution < 1.29 is 22.4 Å². The molecule has 39 heavy (non-hydrogen) atoms. The number of carbonyl (C=O) groups is 1. The molecule has 0 atom stereocenters. The molecule has 4 aromatic rings.